The van der Waals surface area contributed by atoms with Crippen LogP contribution in [0, 0.1) is 19.7 Å². The van der Waals surface area contributed by atoms with E-state index in [9.17, 15) is 14.7 Å². The summed E-state index contributed by atoms with van der Waals surface area (Å²) in [7, 11) is 0. The highest BCUT2D eigenvalue weighted by atomic mass is 19.1. The number of carbonyl (C=O) groups excluding carboxylic acids is 2. The van der Waals surface area contributed by atoms with E-state index in [0.29, 0.717) is 17.8 Å². The zero-order valence-electron chi connectivity index (χ0n) is 18.4. The van der Waals surface area contributed by atoms with E-state index in [0.717, 1.165) is 22.3 Å². The number of ether oxygens (including phenoxy) is 1. The van der Waals surface area contributed by atoms with Crippen LogP contribution in [0.15, 0.2) is 30.3 Å². The van der Waals surface area contributed by atoms with E-state index in [1.807, 2.05) is 26.0 Å². The van der Waals surface area contributed by atoms with Crippen LogP contribution in [0.2, 0.25) is 0 Å². The molecule has 9 heteroatoms. The van der Waals surface area contributed by atoms with Gasteiger partial charge in [-0.3, -0.25) is 15.0 Å². The third-order valence-corrected chi connectivity index (χ3v) is 5.44. The van der Waals surface area contributed by atoms with E-state index >= 15 is 4.39 Å². The van der Waals surface area contributed by atoms with Gasteiger partial charge in [0.05, 0.1) is 18.8 Å². The minimum absolute atomic E-state index is 0.117. The van der Waals surface area contributed by atoms with Gasteiger partial charge in [0.2, 0.25) is 5.91 Å². The van der Waals surface area contributed by atoms with E-state index in [1.165, 1.54) is 17.9 Å². The van der Waals surface area contributed by atoms with Gasteiger partial charge in [-0.15, -0.1) is 0 Å². The van der Waals surface area contributed by atoms with Crippen LogP contribution in [-0.4, -0.2) is 49.1 Å². The number of nitrogens with one attached hydrogen (secondary N) is 2. The van der Waals surface area contributed by atoms with E-state index < -0.39 is 24.2 Å². The lowest BCUT2D eigenvalue weighted by molar-refractivity contribution is -0.119. The Hall–Kier alpha value is -3.01. The molecule has 2 amide bonds. The van der Waals surface area contributed by atoms with Gasteiger partial charge >= 0.3 is 6.09 Å². The molecule has 0 spiro atoms. The van der Waals surface area contributed by atoms with Gasteiger partial charge in [0, 0.05) is 25.6 Å². The molecule has 0 aromatic heterocycles. The average molecular weight is 445 g/mol. The summed E-state index contributed by atoms with van der Waals surface area (Å²) in [5.74, 6) is -0.662. The van der Waals surface area contributed by atoms with Gasteiger partial charge in [0.15, 0.2) is 0 Å². The first-order chi connectivity index (χ1) is 15.2. The fraction of sp³-hybridized carbons (Fsp3) is 0.391. The quantitative estimate of drug-likeness (QED) is 0.463. The number of cyclic esters (lactones) is 1. The molecule has 1 unspecified atom stereocenters. The van der Waals surface area contributed by atoms with E-state index in [2.05, 4.69) is 10.6 Å². The summed E-state index contributed by atoms with van der Waals surface area (Å²) in [5.41, 5.74) is 9.82. The van der Waals surface area contributed by atoms with Crippen molar-refractivity contribution < 1.29 is 23.8 Å². The number of benzene rings is 2. The summed E-state index contributed by atoms with van der Waals surface area (Å²) >= 11 is 0. The molecule has 8 nitrogen and oxygen atoms in total. The Labute approximate surface area is 186 Å². The van der Waals surface area contributed by atoms with Crippen molar-refractivity contribution in [3.8, 4) is 11.1 Å². The SMILES string of the molecule is CC(=O)NC[C@H]1CN(c2ccc(-c3cc(C)c(CNC(O)CN)cc3C)c(F)c2)C(=O)O1. The minimum atomic E-state index is -0.783. The van der Waals surface area contributed by atoms with E-state index in [4.69, 9.17) is 10.5 Å². The molecule has 1 fully saturated rings. The van der Waals surface area contributed by atoms with E-state index in [-0.39, 0.29) is 25.5 Å². The highest BCUT2D eigenvalue weighted by Gasteiger charge is 2.32. The molecule has 1 heterocycles. The number of hydrogen-bond acceptors (Lipinski definition) is 6. The van der Waals surface area contributed by atoms with Crippen LogP contribution < -0.4 is 21.3 Å². The molecule has 1 saturated heterocycles. The van der Waals surface area contributed by atoms with Crippen LogP contribution in [0.4, 0.5) is 14.9 Å². The molecule has 1 aliphatic rings. The maximum atomic E-state index is 15.1. The number of rotatable bonds is 8. The summed E-state index contributed by atoms with van der Waals surface area (Å²) in [4.78, 5) is 24.6. The lowest BCUT2D eigenvalue weighted by Gasteiger charge is -2.17. The zero-order chi connectivity index (χ0) is 23.4. The predicted octanol–water partition coefficient (Wildman–Crippen LogP) is 1.94. The number of carbonyl (C=O) groups is 2. The van der Waals surface area contributed by atoms with Gasteiger partial charge in [0.25, 0.3) is 0 Å². The van der Waals surface area contributed by atoms with Crippen molar-refractivity contribution in [1.82, 2.24) is 10.6 Å². The van der Waals surface area contributed by atoms with Crippen molar-refractivity contribution in [1.29, 1.82) is 0 Å². The van der Waals surface area contributed by atoms with Crippen LogP contribution >= 0.6 is 0 Å². The molecule has 1 aliphatic heterocycles. The molecule has 0 bridgehead atoms. The van der Waals surface area contributed by atoms with Gasteiger partial charge in [-0.2, -0.15) is 0 Å². The molecular weight excluding hydrogens is 415 g/mol. The van der Waals surface area contributed by atoms with Gasteiger partial charge in [-0.05, 0) is 54.3 Å². The maximum Gasteiger partial charge on any atom is 0.414 e. The first-order valence-corrected chi connectivity index (χ1v) is 10.4. The second-order valence-corrected chi connectivity index (χ2v) is 7.94. The number of nitrogens with two attached hydrogens (primary N) is 1. The van der Waals surface area contributed by atoms with Crippen LogP contribution in [0.3, 0.4) is 0 Å². The highest BCUT2D eigenvalue weighted by Crippen LogP contribution is 2.32. The summed E-state index contributed by atoms with van der Waals surface area (Å²) < 4.78 is 20.3. The monoisotopic (exact) mass is 444 g/mol. The molecule has 0 saturated carbocycles. The molecular formula is C23H29FN4O4. The number of amides is 2. The lowest BCUT2D eigenvalue weighted by Crippen LogP contribution is -2.35. The first kappa shape index (κ1) is 23.6. The second-order valence-electron chi connectivity index (χ2n) is 7.94. The zero-order valence-corrected chi connectivity index (χ0v) is 18.4. The van der Waals surface area contributed by atoms with Crippen LogP contribution in [0.25, 0.3) is 11.1 Å². The van der Waals surface area contributed by atoms with Crippen molar-refractivity contribution in [3.63, 3.8) is 0 Å². The number of anilines is 1. The third-order valence-electron chi connectivity index (χ3n) is 5.44. The molecule has 0 radical (unpaired) electrons. The van der Waals surface area contributed by atoms with Crippen LogP contribution in [0.5, 0.6) is 0 Å². The molecule has 2 atom stereocenters. The Morgan fingerprint density at radius 1 is 1.28 bits per heavy atom. The Morgan fingerprint density at radius 3 is 2.69 bits per heavy atom. The van der Waals surface area contributed by atoms with Crippen molar-refractivity contribution >= 4 is 17.7 Å². The van der Waals surface area contributed by atoms with Crippen LogP contribution in [0.1, 0.15) is 23.6 Å². The van der Waals surface area contributed by atoms with Gasteiger partial charge in [0.1, 0.15) is 18.1 Å². The topological polar surface area (TPSA) is 117 Å². The Kier molecular flexibility index (Phi) is 7.44. The second kappa shape index (κ2) is 10.1. The Morgan fingerprint density at radius 2 is 2.03 bits per heavy atom. The number of aliphatic hydroxyl groups is 1. The number of hydrogen-bond donors (Lipinski definition) is 4. The number of nitrogens with zero attached hydrogens (tertiary/aromatic N) is 1. The average Bonchev–Trinajstić information content (AvgIpc) is 3.13. The van der Waals surface area contributed by atoms with Gasteiger partial charge < -0.3 is 20.9 Å². The van der Waals surface area contributed by atoms with Crippen molar-refractivity contribution in [3.05, 3.63) is 52.8 Å². The molecule has 2 aromatic rings. The lowest BCUT2D eigenvalue weighted by atomic mass is 9.94. The fourth-order valence-corrected chi connectivity index (χ4v) is 3.65. The highest BCUT2D eigenvalue weighted by molar-refractivity contribution is 5.90. The summed E-state index contributed by atoms with van der Waals surface area (Å²) in [6.07, 6.45) is -1.84. The smallest absolute Gasteiger partial charge is 0.414 e. The number of aryl methyl sites for hydroxylation is 2. The van der Waals surface area contributed by atoms with Gasteiger partial charge in [-0.25, -0.2) is 9.18 Å². The van der Waals surface area contributed by atoms with Gasteiger partial charge in [-0.1, -0.05) is 12.1 Å². The van der Waals surface area contributed by atoms with Crippen molar-refractivity contribution in [2.75, 3.05) is 24.5 Å². The third kappa shape index (κ3) is 5.42. The molecule has 0 aliphatic carbocycles. The minimum Gasteiger partial charge on any atom is -0.442 e. The summed E-state index contributed by atoms with van der Waals surface area (Å²) in [5, 5.41) is 15.2. The van der Waals surface area contributed by atoms with Crippen molar-refractivity contribution in [2.24, 2.45) is 5.73 Å². The Bertz CT molecular complexity index is 1010. The normalized spacial score (nSPS) is 16.8. The number of halogens is 1. The largest absolute Gasteiger partial charge is 0.442 e. The molecule has 3 rings (SSSR count). The summed E-state index contributed by atoms with van der Waals surface area (Å²) in [6.45, 7) is 6.22. The first-order valence-electron chi connectivity index (χ1n) is 10.4. The standard InChI is InChI=1S/C23H29FN4O4/c1-13-7-20(14(2)6-16(13)10-27-22(30)9-25)19-5-4-17(8-21(19)24)28-12-18(32-23(28)31)11-26-15(3)29/h4-8,18,22,27,30H,9-12,25H2,1-3H3,(H,26,29)/t18-,22?/m0/s1. The number of aliphatic hydroxyl groups excluding tert-OH is 1. The molecule has 32 heavy (non-hydrogen) atoms. The Balaban J connectivity index is 1.79. The molecule has 172 valence electrons. The molecule has 2 aromatic carbocycles. The van der Waals surface area contributed by atoms with Crippen molar-refractivity contribution in [2.45, 2.75) is 39.6 Å². The predicted molar refractivity (Wildman–Crippen MR) is 120 cm³/mol. The van der Waals surface area contributed by atoms with Crippen LogP contribution in [-0.2, 0) is 16.1 Å². The fourth-order valence-electron chi connectivity index (χ4n) is 3.65. The maximum absolute atomic E-state index is 15.1. The van der Waals surface area contributed by atoms with E-state index in [1.54, 1.807) is 12.1 Å². The summed E-state index contributed by atoms with van der Waals surface area (Å²) in [6, 6.07) is 8.52. The molecule has 5 N–H and O–H groups in total.